The molecule has 0 spiro atoms. The fourth-order valence-corrected chi connectivity index (χ4v) is 7.79. The van der Waals surface area contributed by atoms with E-state index < -0.39 is 0 Å². The number of carbonyl (C=O) groups excluding carboxylic acids is 1. The molecule has 0 aliphatic heterocycles. The van der Waals surface area contributed by atoms with Gasteiger partial charge in [-0.1, -0.05) is 18.1 Å². The molecule has 3 aliphatic carbocycles. The third kappa shape index (κ3) is 4.23. The molecule has 1 heterocycles. The van der Waals surface area contributed by atoms with Crippen LogP contribution in [0.15, 0.2) is 29.6 Å². The lowest BCUT2D eigenvalue weighted by atomic mass is 9.54. The number of benzene rings is 1. The molecule has 3 aliphatic rings. The number of thiazole rings is 1. The van der Waals surface area contributed by atoms with Crippen molar-refractivity contribution in [1.29, 1.82) is 0 Å². The molecular formula is C27H35N3O3S. The van der Waals surface area contributed by atoms with E-state index in [1.54, 1.807) is 6.20 Å². The SMILES string of the molecule is CCON=C1C[C@@H](CCC(=O)Nc2ncc(C)s2)C2C3CCc4cc(O)ccc4C3CC[C@]12C. The van der Waals surface area contributed by atoms with E-state index in [0.29, 0.717) is 47.6 Å². The molecule has 182 valence electrons. The number of hydrogen-bond donors (Lipinski definition) is 2. The van der Waals surface area contributed by atoms with Crippen LogP contribution < -0.4 is 5.32 Å². The number of aryl methyl sites for hydroxylation is 2. The average Bonchev–Trinajstić information content (AvgIpc) is 3.35. The number of phenolic OH excluding ortho intramolecular Hbond substituents is 1. The Morgan fingerprint density at radius 1 is 1.38 bits per heavy atom. The molecule has 2 fully saturated rings. The van der Waals surface area contributed by atoms with Gasteiger partial charge in [-0.15, -0.1) is 11.3 Å². The van der Waals surface area contributed by atoms with E-state index >= 15 is 0 Å². The summed E-state index contributed by atoms with van der Waals surface area (Å²) in [5.41, 5.74) is 3.94. The van der Waals surface area contributed by atoms with Crippen molar-refractivity contribution >= 4 is 28.1 Å². The van der Waals surface area contributed by atoms with Crippen LogP contribution in [0.3, 0.4) is 0 Å². The highest BCUT2D eigenvalue weighted by atomic mass is 32.1. The first-order chi connectivity index (χ1) is 16.4. The van der Waals surface area contributed by atoms with Crippen LogP contribution in [0.25, 0.3) is 0 Å². The van der Waals surface area contributed by atoms with Gasteiger partial charge < -0.3 is 15.3 Å². The molecule has 5 rings (SSSR count). The Balaban J connectivity index is 1.38. The molecule has 0 bridgehead atoms. The number of nitrogens with zero attached hydrogens (tertiary/aromatic N) is 2. The van der Waals surface area contributed by atoms with Gasteiger partial charge in [-0.25, -0.2) is 4.98 Å². The van der Waals surface area contributed by atoms with Gasteiger partial charge in [0, 0.05) is 22.9 Å². The molecule has 0 radical (unpaired) electrons. The first-order valence-electron chi connectivity index (χ1n) is 12.6. The van der Waals surface area contributed by atoms with Crippen LogP contribution in [0.1, 0.15) is 74.3 Å². The Bertz CT molecular complexity index is 1100. The number of rotatable bonds is 6. The summed E-state index contributed by atoms with van der Waals surface area (Å²) in [5.74, 6) is 2.40. The van der Waals surface area contributed by atoms with Gasteiger partial charge in [0.1, 0.15) is 12.4 Å². The quantitative estimate of drug-likeness (QED) is 0.492. The van der Waals surface area contributed by atoms with Gasteiger partial charge in [-0.2, -0.15) is 0 Å². The van der Waals surface area contributed by atoms with Crippen LogP contribution in [0.4, 0.5) is 5.13 Å². The van der Waals surface area contributed by atoms with Gasteiger partial charge in [0.15, 0.2) is 5.13 Å². The number of aromatic hydroxyl groups is 1. The van der Waals surface area contributed by atoms with Crippen molar-refractivity contribution in [2.75, 3.05) is 11.9 Å². The van der Waals surface area contributed by atoms with E-state index in [-0.39, 0.29) is 11.3 Å². The fourth-order valence-electron chi connectivity index (χ4n) is 7.11. The molecule has 5 atom stereocenters. The number of anilines is 1. The number of amides is 1. The second-order valence-electron chi connectivity index (χ2n) is 10.5. The highest BCUT2D eigenvalue weighted by Gasteiger charge is 2.57. The molecule has 1 aromatic carbocycles. The lowest BCUT2D eigenvalue weighted by Gasteiger charge is -2.50. The van der Waals surface area contributed by atoms with Gasteiger partial charge in [-0.05, 0) is 99.3 Å². The maximum Gasteiger partial charge on any atom is 0.226 e. The minimum atomic E-state index is 0.0261. The third-order valence-corrected chi connectivity index (χ3v) is 9.33. The highest BCUT2D eigenvalue weighted by molar-refractivity contribution is 7.15. The van der Waals surface area contributed by atoms with E-state index in [1.165, 1.54) is 28.2 Å². The van der Waals surface area contributed by atoms with Gasteiger partial charge in [0.25, 0.3) is 0 Å². The van der Waals surface area contributed by atoms with Crippen LogP contribution in [-0.2, 0) is 16.1 Å². The number of aromatic nitrogens is 1. The summed E-state index contributed by atoms with van der Waals surface area (Å²) in [5, 5.41) is 18.3. The lowest BCUT2D eigenvalue weighted by molar-refractivity contribution is -0.116. The van der Waals surface area contributed by atoms with E-state index in [0.717, 1.165) is 43.4 Å². The van der Waals surface area contributed by atoms with Crippen LogP contribution in [0, 0.1) is 30.1 Å². The molecule has 3 unspecified atom stereocenters. The molecule has 2 N–H and O–H groups in total. The van der Waals surface area contributed by atoms with Gasteiger partial charge in [0.05, 0.1) is 5.71 Å². The lowest BCUT2D eigenvalue weighted by Crippen LogP contribution is -2.44. The molecule has 2 saturated carbocycles. The first kappa shape index (κ1) is 23.3. The number of oxime groups is 1. The molecule has 7 heteroatoms. The number of hydrogen-bond acceptors (Lipinski definition) is 6. The molecule has 1 amide bonds. The van der Waals surface area contributed by atoms with Crippen molar-refractivity contribution in [3.8, 4) is 5.75 Å². The number of carbonyl (C=O) groups is 1. The van der Waals surface area contributed by atoms with Crippen LogP contribution in [0.5, 0.6) is 5.75 Å². The van der Waals surface area contributed by atoms with Gasteiger partial charge >= 0.3 is 0 Å². The summed E-state index contributed by atoms with van der Waals surface area (Å²) < 4.78 is 0. The van der Waals surface area contributed by atoms with Crippen molar-refractivity contribution < 1.29 is 14.7 Å². The molecule has 2 aromatic rings. The zero-order chi connectivity index (χ0) is 23.9. The molecule has 1 aromatic heterocycles. The maximum absolute atomic E-state index is 12.7. The smallest absolute Gasteiger partial charge is 0.226 e. The maximum atomic E-state index is 12.7. The summed E-state index contributed by atoms with van der Waals surface area (Å²) >= 11 is 1.51. The number of fused-ring (bicyclic) bond motifs is 5. The number of nitrogens with one attached hydrogen (secondary N) is 1. The summed E-state index contributed by atoms with van der Waals surface area (Å²) in [6, 6.07) is 5.94. The highest BCUT2D eigenvalue weighted by Crippen LogP contribution is 2.62. The Morgan fingerprint density at radius 3 is 3.00 bits per heavy atom. The van der Waals surface area contributed by atoms with Crippen LogP contribution >= 0.6 is 11.3 Å². The zero-order valence-electron chi connectivity index (χ0n) is 20.3. The second kappa shape index (κ2) is 9.33. The topological polar surface area (TPSA) is 83.8 Å². The fraction of sp³-hybridized carbons (Fsp3) is 0.593. The van der Waals surface area contributed by atoms with Crippen molar-refractivity contribution in [3.05, 3.63) is 40.4 Å². The summed E-state index contributed by atoms with van der Waals surface area (Å²) in [4.78, 5) is 23.7. The van der Waals surface area contributed by atoms with E-state index in [4.69, 9.17) is 4.84 Å². The van der Waals surface area contributed by atoms with E-state index in [2.05, 4.69) is 28.4 Å². The van der Waals surface area contributed by atoms with Crippen molar-refractivity contribution in [1.82, 2.24) is 4.98 Å². The summed E-state index contributed by atoms with van der Waals surface area (Å²) in [7, 11) is 0. The molecule has 0 saturated heterocycles. The normalized spacial score (nSPS) is 31.0. The minimum Gasteiger partial charge on any atom is -0.508 e. The molecular weight excluding hydrogens is 446 g/mol. The largest absolute Gasteiger partial charge is 0.508 e. The Morgan fingerprint density at radius 2 is 2.24 bits per heavy atom. The molecule has 6 nitrogen and oxygen atoms in total. The zero-order valence-corrected chi connectivity index (χ0v) is 21.2. The minimum absolute atomic E-state index is 0.0261. The summed E-state index contributed by atoms with van der Waals surface area (Å²) in [6.45, 7) is 6.93. The predicted octanol–water partition coefficient (Wildman–Crippen LogP) is 6.05. The predicted molar refractivity (Wildman–Crippen MR) is 135 cm³/mol. The van der Waals surface area contributed by atoms with Crippen LogP contribution in [-0.4, -0.2) is 28.3 Å². The number of phenols is 1. The van der Waals surface area contributed by atoms with Gasteiger partial charge in [0.2, 0.25) is 5.91 Å². The third-order valence-electron chi connectivity index (χ3n) is 8.50. The van der Waals surface area contributed by atoms with Crippen LogP contribution in [0.2, 0.25) is 0 Å². The average molecular weight is 482 g/mol. The Kier molecular flexibility index (Phi) is 6.40. The second-order valence-corrected chi connectivity index (χ2v) is 11.7. The van der Waals surface area contributed by atoms with E-state index in [1.807, 2.05) is 26.0 Å². The van der Waals surface area contributed by atoms with Gasteiger partial charge in [-0.3, -0.25) is 4.79 Å². The first-order valence-corrected chi connectivity index (χ1v) is 13.4. The Labute approximate surface area is 205 Å². The van der Waals surface area contributed by atoms with E-state index in [9.17, 15) is 9.90 Å². The van der Waals surface area contributed by atoms with Crippen molar-refractivity contribution in [2.45, 2.75) is 71.6 Å². The standard InChI is InChI=1S/C27H35N3O3S/c1-4-33-30-23-14-18(6-10-24(32)29-26-28-15-16(2)34-26)25-22-8-5-17-13-19(31)7-9-20(17)21(22)11-12-27(23,25)3/h7,9,13,15,18,21-22,25,31H,4-6,8,10-12,14H2,1-3H3,(H,28,29,32)/t18-,21?,22?,25?,27-/m1/s1. The molecule has 34 heavy (non-hydrogen) atoms. The van der Waals surface area contributed by atoms with Crippen molar-refractivity contribution in [2.24, 2.45) is 28.3 Å². The monoisotopic (exact) mass is 481 g/mol. The Hall–Kier alpha value is -2.41. The van der Waals surface area contributed by atoms with Crippen molar-refractivity contribution in [3.63, 3.8) is 0 Å². The summed E-state index contributed by atoms with van der Waals surface area (Å²) in [6.07, 6.45) is 8.42.